The standard InChI is InChI=1S/C12H12NO/c1-2-6-11-9-12(13-14-11)10-7-4-3-5-8-10/h3-4,7-9H,2,6H2,1H3. The van der Waals surface area contributed by atoms with E-state index in [9.17, 15) is 0 Å². The lowest BCUT2D eigenvalue weighted by Crippen LogP contribution is -1.76. The Hall–Kier alpha value is -1.57. The van der Waals surface area contributed by atoms with Crippen molar-refractivity contribution in [3.63, 3.8) is 0 Å². The molecule has 2 heteroatoms. The van der Waals surface area contributed by atoms with E-state index in [1.807, 2.05) is 30.3 Å². The van der Waals surface area contributed by atoms with E-state index in [1.54, 1.807) is 0 Å². The summed E-state index contributed by atoms with van der Waals surface area (Å²) in [6.07, 6.45) is 2.03. The molecule has 0 saturated heterocycles. The lowest BCUT2D eigenvalue weighted by atomic mass is 10.1. The van der Waals surface area contributed by atoms with Gasteiger partial charge in [0.25, 0.3) is 0 Å². The van der Waals surface area contributed by atoms with Crippen LogP contribution in [0.5, 0.6) is 0 Å². The first-order valence-corrected chi connectivity index (χ1v) is 4.82. The Balaban J connectivity index is 2.25. The van der Waals surface area contributed by atoms with Gasteiger partial charge in [0.1, 0.15) is 11.5 Å². The van der Waals surface area contributed by atoms with E-state index >= 15 is 0 Å². The van der Waals surface area contributed by atoms with Gasteiger partial charge in [-0.25, -0.2) is 0 Å². The van der Waals surface area contributed by atoms with Crippen LogP contribution < -0.4 is 0 Å². The molecule has 0 saturated carbocycles. The number of hydrogen-bond acceptors (Lipinski definition) is 2. The van der Waals surface area contributed by atoms with E-state index in [2.05, 4.69) is 18.1 Å². The molecule has 2 nitrogen and oxygen atoms in total. The maximum atomic E-state index is 5.20. The summed E-state index contributed by atoms with van der Waals surface area (Å²) < 4.78 is 5.20. The van der Waals surface area contributed by atoms with Gasteiger partial charge in [-0.3, -0.25) is 0 Å². The maximum absolute atomic E-state index is 5.20. The van der Waals surface area contributed by atoms with Gasteiger partial charge >= 0.3 is 0 Å². The van der Waals surface area contributed by atoms with Crippen molar-refractivity contribution in [1.82, 2.24) is 5.16 Å². The minimum atomic E-state index is 0.894. The number of rotatable bonds is 3. The van der Waals surface area contributed by atoms with Crippen molar-refractivity contribution in [3.05, 3.63) is 42.2 Å². The van der Waals surface area contributed by atoms with Gasteiger partial charge in [0.05, 0.1) is 0 Å². The third kappa shape index (κ3) is 1.84. The Morgan fingerprint density at radius 1 is 1.50 bits per heavy atom. The highest BCUT2D eigenvalue weighted by Gasteiger charge is 2.04. The molecule has 0 aliphatic carbocycles. The molecule has 0 bridgehead atoms. The fourth-order valence-corrected chi connectivity index (χ4v) is 1.37. The van der Waals surface area contributed by atoms with Crippen LogP contribution in [0.3, 0.4) is 0 Å². The quantitative estimate of drug-likeness (QED) is 0.736. The summed E-state index contributed by atoms with van der Waals surface area (Å²) in [7, 11) is 0. The number of aromatic nitrogens is 1. The van der Waals surface area contributed by atoms with Crippen LogP contribution >= 0.6 is 0 Å². The first-order valence-electron chi connectivity index (χ1n) is 4.82. The Bertz CT molecular complexity index is 392. The highest BCUT2D eigenvalue weighted by atomic mass is 16.5. The predicted molar refractivity (Wildman–Crippen MR) is 54.8 cm³/mol. The van der Waals surface area contributed by atoms with Gasteiger partial charge in [0.2, 0.25) is 0 Å². The molecule has 1 heterocycles. The van der Waals surface area contributed by atoms with Crippen molar-refractivity contribution in [3.8, 4) is 11.3 Å². The van der Waals surface area contributed by atoms with E-state index in [0.717, 1.165) is 29.9 Å². The maximum Gasteiger partial charge on any atom is 0.137 e. The monoisotopic (exact) mass is 186 g/mol. The van der Waals surface area contributed by atoms with Crippen LogP contribution in [0.1, 0.15) is 19.1 Å². The Morgan fingerprint density at radius 3 is 3.14 bits per heavy atom. The van der Waals surface area contributed by atoms with Gasteiger partial charge in [-0.2, -0.15) is 0 Å². The van der Waals surface area contributed by atoms with Crippen LogP contribution in [0.25, 0.3) is 11.3 Å². The fraction of sp³-hybridized carbons (Fsp3) is 0.250. The summed E-state index contributed by atoms with van der Waals surface area (Å²) in [5, 5.41) is 4.01. The van der Waals surface area contributed by atoms with Crippen LogP contribution in [-0.4, -0.2) is 5.16 Å². The number of aryl methyl sites for hydroxylation is 1. The van der Waals surface area contributed by atoms with Crippen molar-refractivity contribution in [1.29, 1.82) is 0 Å². The molecule has 0 aliphatic rings. The van der Waals surface area contributed by atoms with Gasteiger partial charge in [0, 0.05) is 18.1 Å². The SMILES string of the molecule is CCCc1cc(-c2c[c]ccc2)no1. The third-order valence-corrected chi connectivity index (χ3v) is 2.06. The summed E-state index contributed by atoms with van der Waals surface area (Å²) >= 11 is 0. The van der Waals surface area contributed by atoms with Gasteiger partial charge < -0.3 is 4.52 Å². The van der Waals surface area contributed by atoms with Crippen molar-refractivity contribution in [2.24, 2.45) is 0 Å². The zero-order valence-electron chi connectivity index (χ0n) is 8.16. The van der Waals surface area contributed by atoms with Gasteiger partial charge in [-0.05, 0) is 18.6 Å². The predicted octanol–water partition coefficient (Wildman–Crippen LogP) is 3.09. The summed E-state index contributed by atoms with van der Waals surface area (Å²) in [4.78, 5) is 0. The van der Waals surface area contributed by atoms with Crippen molar-refractivity contribution in [2.45, 2.75) is 19.8 Å². The Labute approximate surface area is 83.5 Å². The first-order chi connectivity index (χ1) is 6.90. The minimum absolute atomic E-state index is 0.894. The molecule has 0 spiro atoms. The average molecular weight is 186 g/mol. The zero-order chi connectivity index (χ0) is 9.80. The lowest BCUT2D eigenvalue weighted by molar-refractivity contribution is 0.384. The molecule has 0 N–H and O–H groups in total. The van der Waals surface area contributed by atoms with E-state index in [-0.39, 0.29) is 0 Å². The smallest absolute Gasteiger partial charge is 0.137 e. The molecule has 1 aromatic heterocycles. The first kappa shape index (κ1) is 9.00. The second-order valence-corrected chi connectivity index (χ2v) is 3.22. The summed E-state index contributed by atoms with van der Waals surface area (Å²) in [5.41, 5.74) is 1.95. The molecule has 1 aromatic carbocycles. The van der Waals surface area contributed by atoms with E-state index in [0.29, 0.717) is 0 Å². The van der Waals surface area contributed by atoms with Gasteiger partial charge in [-0.1, -0.05) is 30.3 Å². The average Bonchev–Trinajstić information content (AvgIpc) is 2.68. The number of benzene rings is 1. The minimum Gasteiger partial charge on any atom is -0.361 e. The molecule has 0 atom stereocenters. The number of hydrogen-bond donors (Lipinski definition) is 0. The van der Waals surface area contributed by atoms with Crippen LogP contribution in [0, 0.1) is 6.07 Å². The fourth-order valence-electron chi connectivity index (χ4n) is 1.37. The van der Waals surface area contributed by atoms with E-state index in [1.165, 1.54) is 0 Å². The topological polar surface area (TPSA) is 26.0 Å². The molecule has 0 aliphatic heterocycles. The van der Waals surface area contributed by atoms with Crippen molar-refractivity contribution < 1.29 is 4.52 Å². The number of nitrogens with zero attached hydrogens (tertiary/aromatic N) is 1. The molecule has 0 fully saturated rings. The molecule has 0 unspecified atom stereocenters. The molecule has 14 heavy (non-hydrogen) atoms. The lowest BCUT2D eigenvalue weighted by Gasteiger charge is -1.90. The third-order valence-electron chi connectivity index (χ3n) is 2.06. The van der Waals surface area contributed by atoms with Crippen LogP contribution in [-0.2, 0) is 6.42 Å². The molecular formula is C12H12NO. The van der Waals surface area contributed by atoms with Crippen LogP contribution in [0.15, 0.2) is 34.9 Å². The highest BCUT2D eigenvalue weighted by Crippen LogP contribution is 2.18. The Morgan fingerprint density at radius 2 is 2.43 bits per heavy atom. The second-order valence-electron chi connectivity index (χ2n) is 3.22. The van der Waals surface area contributed by atoms with Crippen LogP contribution in [0.2, 0.25) is 0 Å². The molecule has 71 valence electrons. The molecule has 0 amide bonds. The summed E-state index contributed by atoms with van der Waals surface area (Å²) in [6.45, 7) is 2.12. The molecule has 2 rings (SSSR count). The second kappa shape index (κ2) is 4.09. The van der Waals surface area contributed by atoms with Gasteiger partial charge in [0.15, 0.2) is 0 Å². The Kier molecular flexibility index (Phi) is 2.63. The van der Waals surface area contributed by atoms with Crippen molar-refractivity contribution >= 4 is 0 Å². The molecule has 1 radical (unpaired) electrons. The highest BCUT2D eigenvalue weighted by molar-refractivity contribution is 5.58. The van der Waals surface area contributed by atoms with Crippen LogP contribution in [0.4, 0.5) is 0 Å². The van der Waals surface area contributed by atoms with E-state index < -0.39 is 0 Å². The van der Waals surface area contributed by atoms with Gasteiger partial charge in [-0.15, -0.1) is 0 Å². The summed E-state index contributed by atoms with van der Waals surface area (Å²) in [5.74, 6) is 0.950. The normalized spacial score (nSPS) is 10.4. The summed E-state index contributed by atoms with van der Waals surface area (Å²) in [6, 6.07) is 12.7. The molecule has 2 aromatic rings. The molecular weight excluding hydrogens is 174 g/mol. The van der Waals surface area contributed by atoms with Crippen molar-refractivity contribution in [2.75, 3.05) is 0 Å². The van der Waals surface area contributed by atoms with E-state index in [4.69, 9.17) is 4.52 Å². The zero-order valence-corrected chi connectivity index (χ0v) is 8.16. The largest absolute Gasteiger partial charge is 0.361 e.